The molecule has 0 saturated carbocycles. The van der Waals surface area contributed by atoms with Crippen molar-refractivity contribution in [2.75, 3.05) is 23.4 Å². The second kappa shape index (κ2) is 7.83. The number of ether oxygens (including phenoxy) is 1. The molecule has 1 heterocycles. The first-order valence-corrected chi connectivity index (χ1v) is 8.58. The summed E-state index contributed by atoms with van der Waals surface area (Å²) in [6.07, 6.45) is 2.37. The molecule has 5 nitrogen and oxygen atoms in total. The van der Waals surface area contributed by atoms with Crippen LogP contribution in [0.3, 0.4) is 0 Å². The van der Waals surface area contributed by atoms with E-state index in [-0.39, 0.29) is 24.8 Å². The molecular weight excluding hydrogens is 316 g/mol. The number of para-hydroxylation sites is 2. The quantitative estimate of drug-likeness (QED) is 0.909. The van der Waals surface area contributed by atoms with Crippen molar-refractivity contribution in [3.8, 4) is 5.75 Å². The molecule has 0 bridgehead atoms. The fraction of sp³-hybridized carbons (Fsp3) is 0.300. The fourth-order valence-electron chi connectivity index (χ4n) is 2.88. The van der Waals surface area contributed by atoms with Gasteiger partial charge in [-0.1, -0.05) is 37.6 Å². The third-order valence-electron chi connectivity index (χ3n) is 4.11. The zero-order valence-corrected chi connectivity index (χ0v) is 14.3. The van der Waals surface area contributed by atoms with Crippen LogP contribution in [0, 0.1) is 0 Å². The Morgan fingerprint density at radius 1 is 1.16 bits per heavy atom. The molecule has 25 heavy (non-hydrogen) atoms. The topological polar surface area (TPSA) is 58.6 Å². The maximum absolute atomic E-state index is 12.4. The van der Waals surface area contributed by atoms with E-state index in [1.807, 2.05) is 42.5 Å². The molecule has 130 valence electrons. The van der Waals surface area contributed by atoms with Crippen LogP contribution in [0.2, 0.25) is 0 Å². The Morgan fingerprint density at radius 3 is 2.68 bits per heavy atom. The number of carbonyl (C=O) groups is 2. The number of nitrogens with zero attached hydrogens (tertiary/aromatic N) is 1. The number of nitrogens with one attached hydrogen (secondary N) is 1. The number of hydrogen-bond acceptors (Lipinski definition) is 3. The van der Waals surface area contributed by atoms with Crippen molar-refractivity contribution in [1.82, 2.24) is 0 Å². The third kappa shape index (κ3) is 4.18. The van der Waals surface area contributed by atoms with Gasteiger partial charge in [-0.05, 0) is 36.2 Å². The SMILES string of the molecule is CCCc1ccc(NC(=O)CN2C(=O)CCOc3ccccc32)cc1. The molecule has 0 spiro atoms. The molecule has 1 N–H and O–H groups in total. The zero-order valence-electron chi connectivity index (χ0n) is 14.3. The summed E-state index contributed by atoms with van der Waals surface area (Å²) in [5.41, 5.74) is 2.62. The van der Waals surface area contributed by atoms with E-state index < -0.39 is 0 Å². The van der Waals surface area contributed by atoms with Crippen LogP contribution < -0.4 is 15.0 Å². The van der Waals surface area contributed by atoms with Gasteiger partial charge in [0.1, 0.15) is 12.3 Å². The molecule has 0 radical (unpaired) electrons. The van der Waals surface area contributed by atoms with Crippen LogP contribution >= 0.6 is 0 Å². The van der Waals surface area contributed by atoms with Gasteiger partial charge in [-0.15, -0.1) is 0 Å². The molecule has 5 heteroatoms. The van der Waals surface area contributed by atoms with E-state index >= 15 is 0 Å². The first-order chi connectivity index (χ1) is 12.2. The average Bonchev–Trinajstić information content (AvgIpc) is 2.76. The standard InChI is InChI=1S/C20H22N2O3/c1-2-5-15-8-10-16(11-9-15)21-19(23)14-22-17-6-3-4-7-18(17)25-13-12-20(22)24/h3-4,6-11H,2,5,12-14H2,1H3,(H,21,23). The molecule has 0 aliphatic carbocycles. The molecule has 0 unspecified atom stereocenters. The van der Waals surface area contributed by atoms with Gasteiger partial charge < -0.3 is 10.1 Å². The predicted molar refractivity (Wildman–Crippen MR) is 98.0 cm³/mol. The Bertz CT molecular complexity index is 756. The van der Waals surface area contributed by atoms with Crippen LogP contribution in [-0.2, 0) is 16.0 Å². The van der Waals surface area contributed by atoms with Crippen molar-refractivity contribution in [1.29, 1.82) is 0 Å². The highest BCUT2D eigenvalue weighted by Crippen LogP contribution is 2.30. The van der Waals surface area contributed by atoms with Gasteiger partial charge in [-0.3, -0.25) is 14.5 Å². The lowest BCUT2D eigenvalue weighted by atomic mass is 10.1. The highest BCUT2D eigenvalue weighted by atomic mass is 16.5. The van der Waals surface area contributed by atoms with Crippen LogP contribution in [0.15, 0.2) is 48.5 Å². The molecule has 1 aliphatic rings. The van der Waals surface area contributed by atoms with Gasteiger partial charge in [0.25, 0.3) is 0 Å². The van der Waals surface area contributed by atoms with E-state index in [1.54, 1.807) is 6.07 Å². The predicted octanol–water partition coefficient (Wildman–Crippen LogP) is 3.39. The van der Waals surface area contributed by atoms with E-state index in [2.05, 4.69) is 12.2 Å². The van der Waals surface area contributed by atoms with Crippen molar-refractivity contribution in [3.63, 3.8) is 0 Å². The number of carbonyl (C=O) groups excluding carboxylic acids is 2. The van der Waals surface area contributed by atoms with Gasteiger partial charge in [0.15, 0.2) is 0 Å². The minimum absolute atomic E-state index is 0.0318. The van der Waals surface area contributed by atoms with Crippen molar-refractivity contribution >= 4 is 23.2 Å². The minimum atomic E-state index is -0.228. The van der Waals surface area contributed by atoms with Gasteiger partial charge >= 0.3 is 0 Å². The number of hydrogen-bond donors (Lipinski definition) is 1. The van der Waals surface area contributed by atoms with Gasteiger partial charge in [0, 0.05) is 5.69 Å². The van der Waals surface area contributed by atoms with Crippen LogP contribution in [0.1, 0.15) is 25.3 Å². The summed E-state index contributed by atoms with van der Waals surface area (Å²) in [6, 6.07) is 15.1. The number of benzene rings is 2. The maximum Gasteiger partial charge on any atom is 0.244 e. The average molecular weight is 338 g/mol. The molecule has 2 aromatic rings. The van der Waals surface area contributed by atoms with Crippen LogP contribution in [0.5, 0.6) is 5.75 Å². The molecule has 0 fully saturated rings. The number of amides is 2. The summed E-state index contributed by atoms with van der Waals surface area (Å²) in [6.45, 7) is 2.43. The lowest BCUT2D eigenvalue weighted by molar-refractivity contribution is -0.121. The smallest absolute Gasteiger partial charge is 0.244 e. The summed E-state index contributed by atoms with van der Waals surface area (Å²) < 4.78 is 5.59. The summed E-state index contributed by atoms with van der Waals surface area (Å²) in [5, 5.41) is 2.86. The monoisotopic (exact) mass is 338 g/mol. The summed E-state index contributed by atoms with van der Waals surface area (Å²) in [4.78, 5) is 26.2. The number of aryl methyl sites for hydroxylation is 1. The lowest BCUT2D eigenvalue weighted by Gasteiger charge is -2.21. The Balaban J connectivity index is 1.70. The van der Waals surface area contributed by atoms with E-state index in [0.717, 1.165) is 18.5 Å². The van der Waals surface area contributed by atoms with Crippen LogP contribution in [0.25, 0.3) is 0 Å². The fourth-order valence-corrected chi connectivity index (χ4v) is 2.88. The molecule has 0 saturated heterocycles. The normalized spacial score (nSPS) is 13.6. The molecule has 2 amide bonds. The molecule has 2 aromatic carbocycles. The minimum Gasteiger partial charge on any atom is -0.491 e. The Hall–Kier alpha value is -2.82. The van der Waals surface area contributed by atoms with Crippen LogP contribution in [0.4, 0.5) is 11.4 Å². The lowest BCUT2D eigenvalue weighted by Crippen LogP contribution is -2.37. The summed E-state index contributed by atoms with van der Waals surface area (Å²) in [7, 11) is 0. The Kier molecular flexibility index (Phi) is 5.33. The highest BCUT2D eigenvalue weighted by molar-refractivity contribution is 6.03. The molecule has 0 aromatic heterocycles. The number of fused-ring (bicyclic) bond motifs is 1. The van der Waals surface area contributed by atoms with Crippen molar-refractivity contribution in [3.05, 3.63) is 54.1 Å². The summed E-state index contributed by atoms with van der Waals surface area (Å²) in [5.74, 6) is 0.289. The van der Waals surface area contributed by atoms with Crippen molar-refractivity contribution < 1.29 is 14.3 Å². The molecule has 1 aliphatic heterocycles. The van der Waals surface area contributed by atoms with Gasteiger partial charge in [0.05, 0.1) is 18.7 Å². The second-order valence-corrected chi connectivity index (χ2v) is 6.04. The Labute approximate surface area is 147 Å². The van der Waals surface area contributed by atoms with Crippen molar-refractivity contribution in [2.45, 2.75) is 26.2 Å². The summed E-state index contributed by atoms with van der Waals surface area (Å²) >= 11 is 0. The first-order valence-electron chi connectivity index (χ1n) is 8.58. The highest BCUT2D eigenvalue weighted by Gasteiger charge is 2.24. The zero-order chi connectivity index (χ0) is 17.6. The van der Waals surface area contributed by atoms with E-state index in [1.165, 1.54) is 10.5 Å². The molecular formula is C20H22N2O3. The van der Waals surface area contributed by atoms with Gasteiger partial charge in [0.2, 0.25) is 11.8 Å². The van der Waals surface area contributed by atoms with Crippen LogP contribution in [-0.4, -0.2) is 25.0 Å². The second-order valence-electron chi connectivity index (χ2n) is 6.04. The van der Waals surface area contributed by atoms with Gasteiger partial charge in [-0.25, -0.2) is 0 Å². The Morgan fingerprint density at radius 2 is 1.92 bits per heavy atom. The van der Waals surface area contributed by atoms with E-state index in [4.69, 9.17) is 4.74 Å². The maximum atomic E-state index is 12.4. The third-order valence-corrected chi connectivity index (χ3v) is 4.11. The van der Waals surface area contributed by atoms with E-state index in [9.17, 15) is 9.59 Å². The first kappa shape index (κ1) is 17.0. The number of anilines is 2. The number of rotatable bonds is 5. The molecule has 3 rings (SSSR count). The molecule has 0 atom stereocenters. The van der Waals surface area contributed by atoms with Crippen molar-refractivity contribution in [2.24, 2.45) is 0 Å². The van der Waals surface area contributed by atoms with Gasteiger partial charge in [-0.2, -0.15) is 0 Å². The largest absolute Gasteiger partial charge is 0.491 e. The van der Waals surface area contributed by atoms with E-state index in [0.29, 0.717) is 18.0 Å².